The number of hydrogen-bond donors (Lipinski definition) is 2. The zero-order valence-corrected chi connectivity index (χ0v) is 11.0. The van der Waals surface area contributed by atoms with E-state index in [0.29, 0.717) is 13.0 Å². The van der Waals surface area contributed by atoms with Gasteiger partial charge in [0, 0.05) is 12.6 Å². The lowest BCUT2D eigenvalue weighted by atomic mass is 9.79. The molecule has 104 valence electrons. The van der Waals surface area contributed by atoms with Gasteiger partial charge in [-0.05, 0) is 37.0 Å². The summed E-state index contributed by atoms with van der Waals surface area (Å²) in [4.78, 5) is 11.3. The molecule has 1 aliphatic rings. The fourth-order valence-corrected chi connectivity index (χ4v) is 2.63. The molecule has 5 heteroatoms. The van der Waals surface area contributed by atoms with Gasteiger partial charge in [0.15, 0.2) is 11.6 Å². The smallest absolute Gasteiger partial charge is 0.308 e. The fraction of sp³-hybridized carbons (Fsp3) is 0.500. The zero-order valence-electron chi connectivity index (χ0n) is 11.0. The van der Waals surface area contributed by atoms with Gasteiger partial charge in [-0.15, -0.1) is 0 Å². The summed E-state index contributed by atoms with van der Waals surface area (Å²) in [6.07, 6.45) is 0.714. The maximum Gasteiger partial charge on any atom is 0.308 e. The predicted octanol–water partition coefficient (Wildman–Crippen LogP) is 2.00. The Bertz CT molecular complexity index is 478. The topological polar surface area (TPSA) is 58.6 Å². The van der Waals surface area contributed by atoms with E-state index in [0.717, 1.165) is 5.56 Å². The van der Waals surface area contributed by atoms with Gasteiger partial charge < -0.3 is 15.2 Å². The second kappa shape index (κ2) is 5.57. The van der Waals surface area contributed by atoms with Crippen LogP contribution in [0.15, 0.2) is 18.2 Å². The first-order chi connectivity index (χ1) is 9.02. The van der Waals surface area contributed by atoms with Crippen LogP contribution in [0.1, 0.15) is 24.8 Å². The Labute approximate surface area is 111 Å². The average molecular weight is 267 g/mol. The molecule has 1 saturated heterocycles. The van der Waals surface area contributed by atoms with Crippen molar-refractivity contribution in [2.75, 3.05) is 13.7 Å². The molecule has 0 bridgehead atoms. The highest BCUT2D eigenvalue weighted by molar-refractivity contribution is 5.72. The highest BCUT2D eigenvalue weighted by atomic mass is 19.1. The molecular weight excluding hydrogens is 249 g/mol. The molecule has 3 unspecified atom stereocenters. The average Bonchev–Trinajstić information content (AvgIpc) is 2.38. The lowest BCUT2D eigenvalue weighted by Gasteiger charge is -2.33. The second-order valence-electron chi connectivity index (χ2n) is 4.99. The molecule has 0 saturated carbocycles. The van der Waals surface area contributed by atoms with Crippen LogP contribution in [0.25, 0.3) is 0 Å². The van der Waals surface area contributed by atoms with Crippen LogP contribution in [0.5, 0.6) is 5.75 Å². The van der Waals surface area contributed by atoms with Gasteiger partial charge in [-0.25, -0.2) is 4.39 Å². The van der Waals surface area contributed by atoms with Crippen LogP contribution in [-0.2, 0) is 4.79 Å². The van der Waals surface area contributed by atoms with Gasteiger partial charge in [0.25, 0.3) is 0 Å². The normalized spacial score (nSPS) is 27.0. The van der Waals surface area contributed by atoms with E-state index < -0.39 is 17.7 Å². The molecule has 1 aromatic rings. The van der Waals surface area contributed by atoms with Gasteiger partial charge in [0.05, 0.1) is 13.0 Å². The number of aliphatic carboxylic acids is 1. The molecule has 0 radical (unpaired) electrons. The summed E-state index contributed by atoms with van der Waals surface area (Å²) in [6.45, 7) is 2.45. The minimum atomic E-state index is -0.826. The molecule has 3 atom stereocenters. The molecule has 1 fully saturated rings. The van der Waals surface area contributed by atoms with Crippen molar-refractivity contribution < 1.29 is 19.0 Å². The number of methoxy groups -OCH3 is 1. The summed E-state index contributed by atoms with van der Waals surface area (Å²) >= 11 is 0. The zero-order chi connectivity index (χ0) is 14.0. The Balaban J connectivity index is 2.33. The first kappa shape index (κ1) is 13.8. The quantitative estimate of drug-likeness (QED) is 0.879. The summed E-state index contributed by atoms with van der Waals surface area (Å²) in [5.41, 5.74) is 0.819. The van der Waals surface area contributed by atoms with Crippen molar-refractivity contribution in [3.05, 3.63) is 29.6 Å². The van der Waals surface area contributed by atoms with Crippen LogP contribution in [0.4, 0.5) is 4.39 Å². The standard InChI is InChI=1S/C14H18FNO3/c1-8-5-10(11(7-16-8)14(17)18)9-3-4-12(15)13(6-9)19-2/h3-4,6,8,10-11,16H,5,7H2,1-2H3,(H,17,18). The first-order valence-corrected chi connectivity index (χ1v) is 6.32. The van der Waals surface area contributed by atoms with Crippen LogP contribution in [0, 0.1) is 11.7 Å². The second-order valence-corrected chi connectivity index (χ2v) is 4.99. The van der Waals surface area contributed by atoms with Gasteiger partial charge in [0.1, 0.15) is 0 Å². The SMILES string of the molecule is COc1cc(C2CC(C)NCC2C(=O)O)ccc1F. The van der Waals surface area contributed by atoms with E-state index in [1.54, 1.807) is 12.1 Å². The molecule has 2 N–H and O–H groups in total. The van der Waals surface area contributed by atoms with Crippen LogP contribution >= 0.6 is 0 Å². The summed E-state index contributed by atoms with van der Waals surface area (Å²) < 4.78 is 18.4. The van der Waals surface area contributed by atoms with E-state index in [1.165, 1.54) is 13.2 Å². The number of halogens is 1. The van der Waals surface area contributed by atoms with Gasteiger partial charge in [-0.3, -0.25) is 4.79 Å². The summed E-state index contributed by atoms with van der Waals surface area (Å²) in [5.74, 6) is -1.71. The molecule has 19 heavy (non-hydrogen) atoms. The Morgan fingerprint density at radius 3 is 2.89 bits per heavy atom. The lowest BCUT2D eigenvalue weighted by molar-refractivity contribution is -0.143. The van der Waals surface area contributed by atoms with Crippen LogP contribution < -0.4 is 10.1 Å². The Kier molecular flexibility index (Phi) is 4.04. The van der Waals surface area contributed by atoms with Gasteiger partial charge in [0.2, 0.25) is 0 Å². The van der Waals surface area contributed by atoms with E-state index in [2.05, 4.69) is 5.32 Å². The van der Waals surface area contributed by atoms with Gasteiger partial charge in [-0.1, -0.05) is 6.07 Å². The maximum atomic E-state index is 13.4. The number of hydrogen-bond acceptors (Lipinski definition) is 3. The van der Waals surface area contributed by atoms with E-state index in [-0.39, 0.29) is 17.7 Å². The van der Waals surface area contributed by atoms with Crippen molar-refractivity contribution in [3.63, 3.8) is 0 Å². The highest BCUT2D eigenvalue weighted by Crippen LogP contribution is 2.34. The van der Waals surface area contributed by atoms with Crippen LogP contribution in [-0.4, -0.2) is 30.8 Å². The van der Waals surface area contributed by atoms with E-state index >= 15 is 0 Å². The molecule has 0 aliphatic carbocycles. The van der Waals surface area contributed by atoms with Crippen LogP contribution in [0.2, 0.25) is 0 Å². The highest BCUT2D eigenvalue weighted by Gasteiger charge is 2.34. The lowest BCUT2D eigenvalue weighted by Crippen LogP contribution is -2.44. The number of benzene rings is 1. The van der Waals surface area contributed by atoms with Crippen molar-refractivity contribution in [2.45, 2.75) is 25.3 Å². The Morgan fingerprint density at radius 2 is 2.26 bits per heavy atom. The number of piperidine rings is 1. The molecule has 2 rings (SSSR count). The van der Waals surface area contributed by atoms with Gasteiger partial charge in [-0.2, -0.15) is 0 Å². The number of carboxylic acid groups (broad SMARTS) is 1. The van der Waals surface area contributed by atoms with Crippen molar-refractivity contribution in [1.29, 1.82) is 0 Å². The molecule has 1 aromatic carbocycles. The number of carboxylic acids is 1. The third-order valence-corrected chi connectivity index (χ3v) is 3.70. The third kappa shape index (κ3) is 2.87. The minimum absolute atomic E-state index is 0.122. The predicted molar refractivity (Wildman–Crippen MR) is 68.9 cm³/mol. The number of carbonyl (C=O) groups is 1. The molecular formula is C14H18FNO3. The van der Waals surface area contributed by atoms with Crippen molar-refractivity contribution >= 4 is 5.97 Å². The van der Waals surface area contributed by atoms with Gasteiger partial charge >= 0.3 is 5.97 Å². The largest absolute Gasteiger partial charge is 0.494 e. The molecule has 4 nitrogen and oxygen atoms in total. The maximum absolute atomic E-state index is 13.4. The molecule has 0 spiro atoms. The number of nitrogens with one attached hydrogen (secondary N) is 1. The Hall–Kier alpha value is -1.62. The van der Waals surface area contributed by atoms with Crippen molar-refractivity contribution in [2.24, 2.45) is 5.92 Å². The summed E-state index contributed by atoms with van der Waals surface area (Å²) in [6, 6.07) is 4.83. The van der Waals surface area contributed by atoms with Crippen molar-refractivity contribution in [3.8, 4) is 5.75 Å². The molecule has 1 aliphatic heterocycles. The molecule has 0 amide bonds. The van der Waals surface area contributed by atoms with E-state index in [1.807, 2.05) is 6.92 Å². The Morgan fingerprint density at radius 1 is 1.53 bits per heavy atom. The molecule has 0 aromatic heterocycles. The van der Waals surface area contributed by atoms with Crippen LogP contribution in [0.3, 0.4) is 0 Å². The van der Waals surface area contributed by atoms with E-state index in [4.69, 9.17) is 4.74 Å². The molecule has 1 heterocycles. The number of rotatable bonds is 3. The first-order valence-electron chi connectivity index (χ1n) is 6.32. The minimum Gasteiger partial charge on any atom is -0.494 e. The van der Waals surface area contributed by atoms with E-state index in [9.17, 15) is 14.3 Å². The summed E-state index contributed by atoms with van der Waals surface area (Å²) in [5, 5.41) is 12.5. The third-order valence-electron chi connectivity index (χ3n) is 3.70. The fourth-order valence-electron chi connectivity index (χ4n) is 2.63. The number of ether oxygens (including phenoxy) is 1. The monoisotopic (exact) mass is 267 g/mol. The summed E-state index contributed by atoms with van der Waals surface area (Å²) in [7, 11) is 1.40. The van der Waals surface area contributed by atoms with Crippen molar-refractivity contribution in [1.82, 2.24) is 5.32 Å².